The molecule has 0 heterocycles. The van der Waals surface area contributed by atoms with Crippen LogP contribution in [0.1, 0.15) is 86.5 Å². The Hall–Kier alpha value is -7.06. The lowest BCUT2D eigenvalue weighted by Crippen LogP contribution is -2.53. The summed E-state index contributed by atoms with van der Waals surface area (Å²) in [6, 6.07) is 27.2. The molecule has 20 heteroatoms. The highest BCUT2D eigenvalue weighted by atomic mass is 33.1. The second kappa shape index (κ2) is 27.3. The zero-order valence-electron chi connectivity index (χ0n) is 41.9. The molecule has 0 saturated heterocycles. The number of carbonyl (C=O) groups excluding carboxylic acids is 6. The number of ether oxygens (including phenoxy) is 2. The minimum absolute atomic E-state index is 0.0392. The van der Waals surface area contributed by atoms with Gasteiger partial charge in [-0.2, -0.15) is 0 Å². The Morgan fingerprint density at radius 3 is 1.12 bits per heavy atom. The molecule has 0 bridgehead atoms. The largest absolute Gasteiger partial charge is 0.480 e. The first kappa shape index (κ1) is 56.2. The molecule has 0 aromatic heterocycles. The van der Waals surface area contributed by atoms with E-state index in [0.29, 0.717) is 25.7 Å². The van der Waals surface area contributed by atoms with Crippen LogP contribution in [0, 0.1) is 0 Å². The van der Waals surface area contributed by atoms with Crippen LogP contribution in [0.4, 0.5) is 9.59 Å². The maximum absolute atomic E-state index is 13.7. The van der Waals surface area contributed by atoms with E-state index in [2.05, 4.69) is 21.3 Å². The maximum Gasteiger partial charge on any atom is 0.407 e. The summed E-state index contributed by atoms with van der Waals surface area (Å²) >= 11 is 0. The van der Waals surface area contributed by atoms with E-state index in [-0.39, 0.29) is 62.5 Å². The van der Waals surface area contributed by atoms with Crippen LogP contribution < -0.4 is 21.3 Å². The number of likely N-dealkylation sites (N-methyl/N-ethyl adjacent to an activating group) is 2. The molecular weight excluding hydrogens is 989 g/mol. The summed E-state index contributed by atoms with van der Waals surface area (Å²) in [6.45, 7) is 3.16. The summed E-state index contributed by atoms with van der Waals surface area (Å²) in [4.78, 5) is 104. The van der Waals surface area contributed by atoms with Crippen LogP contribution in [-0.4, -0.2) is 144 Å². The highest BCUT2D eigenvalue weighted by Gasteiger charge is 2.35. The normalized spacial score (nSPS) is 13.8. The first-order chi connectivity index (χ1) is 35.6. The van der Waals surface area contributed by atoms with Crippen molar-refractivity contribution in [2.45, 2.75) is 88.4 Å². The van der Waals surface area contributed by atoms with Gasteiger partial charge in [-0.15, -0.1) is 0 Å². The quantitative estimate of drug-likeness (QED) is 0.0272. The van der Waals surface area contributed by atoms with Crippen molar-refractivity contribution in [2.75, 3.05) is 51.9 Å². The zero-order chi connectivity index (χ0) is 53.3. The van der Waals surface area contributed by atoms with Gasteiger partial charge in [0.2, 0.25) is 23.6 Å². The molecule has 4 aromatic carbocycles. The first-order valence-electron chi connectivity index (χ1n) is 24.5. The van der Waals surface area contributed by atoms with Crippen LogP contribution in [0.5, 0.6) is 0 Å². The fraction of sp³-hybridized carbons (Fsp3) is 0.407. The van der Waals surface area contributed by atoms with Crippen molar-refractivity contribution in [2.24, 2.45) is 0 Å². The fourth-order valence-electron chi connectivity index (χ4n) is 9.44. The van der Waals surface area contributed by atoms with E-state index >= 15 is 0 Å². The summed E-state index contributed by atoms with van der Waals surface area (Å²) < 4.78 is 11.2. The number of nitrogens with one attached hydrogen (secondary N) is 4. The van der Waals surface area contributed by atoms with E-state index < -0.39 is 71.9 Å². The van der Waals surface area contributed by atoms with E-state index in [0.717, 1.165) is 75.9 Å². The summed E-state index contributed by atoms with van der Waals surface area (Å²) in [5.41, 5.74) is 8.78. The van der Waals surface area contributed by atoms with Crippen LogP contribution in [0.25, 0.3) is 22.3 Å². The van der Waals surface area contributed by atoms with Crippen LogP contribution in [0.15, 0.2) is 97.1 Å². The highest BCUT2D eigenvalue weighted by Crippen LogP contribution is 2.45. The van der Waals surface area contributed by atoms with Gasteiger partial charge in [0.15, 0.2) is 0 Å². The smallest absolute Gasteiger partial charge is 0.407 e. The number of aliphatic carboxylic acids is 2. The molecule has 18 nitrogen and oxygen atoms in total. The molecule has 394 valence electrons. The lowest BCUT2D eigenvalue weighted by atomic mass is 9.98. The monoisotopic (exact) mass is 1050 g/mol. The highest BCUT2D eigenvalue weighted by molar-refractivity contribution is 8.76. The van der Waals surface area contributed by atoms with Gasteiger partial charge < -0.3 is 50.8 Å². The molecule has 4 atom stereocenters. The number of unbranched alkanes of at least 4 members (excludes halogenated alkanes) is 2. The van der Waals surface area contributed by atoms with Crippen molar-refractivity contribution in [3.8, 4) is 22.3 Å². The number of benzene rings is 4. The van der Waals surface area contributed by atoms with E-state index in [4.69, 9.17) is 9.47 Å². The summed E-state index contributed by atoms with van der Waals surface area (Å²) in [5.74, 6) is -5.17. The van der Waals surface area contributed by atoms with Gasteiger partial charge in [0, 0.05) is 64.4 Å². The van der Waals surface area contributed by atoms with Crippen LogP contribution in [0.2, 0.25) is 0 Å². The van der Waals surface area contributed by atoms with E-state index in [1.807, 2.05) is 97.1 Å². The molecule has 74 heavy (non-hydrogen) atoms. The second-order valence-corrected chi connectivity index (χ2v) is 20.7. The molecule has 0 unspecified atom stereocenters. The van der Waals surface area contributed by atoms with Gasteiger partial charge in [0.1, 0.15) is 37.4 Å². The third kappa shape index (κ3) is 14.8. The van der Waals surface area contributed by atoms with Crippen molar-refractivity contribution in [3.63, 3.8) is 0 Å². The Balaban J connectivity index is 0.907. The Morgan fingerprint density at radius 2 is 0.824 bits per heavy atom. The molecule has 2 aliphatic rings. The van der Waals surface area contributed by atoms with Crippen LogP contribution in [0.3, 0.4) is 0 Å². The minimum Gasteiger partial charge on any atom is -0.480 e. The predicted molar refractivity (Wildman–Crippen MR) is 282 cm³/mol. The molecule has 0 radical (unpaired) electrons. The number of carbonyl (C=O) groups is 8. The first-order valence-corrected chi connectivity index (χ1v) is 27.0. The number of carboxylic acid groups (broad SMARTS) is 2. The standard InChI is InChI=1S/C54H64N6O12S2/c1-33(61)57-45(49(63)59(3)47(51(65)66)25-13-15-27-55-53(69)71-29-43-39-21-9-5-17-35(39)36-18-6-10-22-40(36)43)31-73-74-32-46(58-34(2)62)50(64)60(4)48(52(67)68)26-14-16-28-56-54(70)72-30-44-41-23-11-7-19-37(41)38-20-8-12-24-42(38)44/h5-12,17-24,43-48H,13-16,25-32H2,1-4H3,(H,55,69)(H,56,70)(H,57,61)(H,58,62)(H,65,66)(H,67,68)/t45-,46-,47-,48-/m0/s1. The molecule has 4 aromatic rings. The molecular formula is C54H64N6O12S2. The SMILES string of the molecule is CC(=O)N[C@@H](CSSC[C@H](NC(C)=O)C(=O)N(C)[C@@H](CCCCNC(=O)OCC1c2ccccc2-c2ccccc21)C(=O)O)C(=O)N(C)[C@@H](CCCCNC(=O)OCC1c2ccccc2-c2ccccc21)C(=O)O. The van der Waals surface area contributed by atoms with Crippen molar-refractivity contribution in [1.82, 2.24) is 31.1 Å². The van der Waals surface area contributed by atoms with Crippen molar-refractivity contribution >= 4 is 69.3 Å². The lowest BCUT2D eigenvalue weighted by Gasteiger charge is -2.30. The number of amides is 6. The number of carboxylic acids is 2. The predicted octanol–water partition coefficient (Wildman–Crippen LogP) is 6.62. The van der Waals surface area contributed by atoms with Crippen LogP contribution in [-0.2, 0) is 38.2 Å². The van der Waals surface area contributed by atoms with E-state index in [1.54, 1.807) is 0 Å². The second-order valence-electron chi connectivity index (χ2n) is 18.2. The van der Waals surface area contributed by atoms with Crippen molar-refractivity contribution < 1.29 is 58.0 Å². The summed E-state index contributed by atoms with van der Waals surface area (Å²) in [5, 5.41) is 30.8. The average molecular weight is 1050 g/mol. The topological polar surface area (TPSA) is 250 Å². The number of alkyl carbamates (subject to hydrolysis) is 2. The molecule has 6 rings (SSSR count). The Morgan fingerprint density at radius 1 is 0.514 bits per heavy atom. The van der Waals surface area contributed by atoms with Gasteiger partial charge in [0.25, 0.3) is 0 Å². The molecule has 2 aliphatic carbocycles. The minimum atomic E-state index is -1.25. The number of nitrogens with zero attached hydrogens (tertiary/aromatic N) is 2. The molecule has 6 amide bonds. The summed E-state index contributed by atoms with van der Waals surface area (Å²) in [6.07, 6.45) is 0.393. The zero-order valence-corrected chi connectivity index (χ0v) is 43.5. The number of fused-ring (bicyclic) bond motifs is 6. The fourth-order valence-corrected chi connectivity index (χ4v) is 11.8. The van der Waals surface area contributed by atoms with Gasteiger partial charge in [0.05, 0.1) is 0 Å². The molecule has 0 spiro atoms. The average Bonchev–Trinajstić information content (AvgIpc) is 3.88. The van der Waals surface area contributed by atoms with Crippen molar-refractivity contribution in [3.05, 3.63) is 119 Å². The Kier molecular flexibility index (Phi) is 20.7. The third-order valence-electron chi connectivity index (χ3n) is 13.1. The molecule has 0 fully saturated rings. The van der Waals surface area contributed by atoms with Crippen LogP contribution >= 0.6 is 21.6 Å². The van der Waals surface area contributed by atoms with Gasteiger partial charge in [-0.3, -0.25) is 19.2 Å². The number of rotatable bonds is 27. The van der Waals surface area contributed by atoms with E-state index in [9.17, 15) is 48.6 Å². The maximum atomic E-state index is 13.7. The van der Waals surface area contributed by atoms with Gasteiger partial charge >= 0.3 is 24.1 Å². The summed E-state index contributed by atoms with van der Waals surface area (Å²) in [7, 11) is 4.87. The van der Waals surface area contributed by atoms with Gasteiger partial charge in [-0.25, -0.2) is 19.2 Å². The van der Waals surface area contributed by atoms with E-state index in [1.165, 1.54) is 27.9 Å². The lowest BCUT2D eigenvalue weighted by molar-refractivity contribution is -0.150. The van der Waals surface area contributed by atoms with Gasteiger partial charge in [-0.05, 0) is 83.0 Å². The molecule has 6 N–H and O–H groups in total. The third-order valence-corrected chi connectivity index (χ3v) is 15.6. The van der Waals surface area contributed by atoms with Gasteiger partial charge in [-0.1, -0.05) is 119 Å². The van der Waals surface area contributed by atoms with Crippen molar-refractivity contribution in [1.29, 1.82) is 0 Å². The molecule has 0 saturated carbocycles. The number of hydrogen-bond acceptors (Lipinski definition) is 12. The molecule has 0 aliphatic heterocycles. The number of hydrogen-bond donors (Lipinski definition) is 6. The Labute approximate surface area is 438 Å². The Bertz CT molecular complexity index is 2400.